The van der Waals surface area contributed by atoms with E-state index < -0.39 is 5.41 Å². The van der Waals surface area contributed by atoms with E-state index in [0.717, 1.165) is 61.6 Å². The third-order valence-electron chi connectivity index (χ3n) is 6.42. The summed E-state index contributed by atoms with van der Waals surface area (Å²) in [5.41, 5.74) is 5.72. The van der Waals surface area contributed by atoms with Crippen molar-refractivity contribution in [2.45, 2.75) is 58.0 Å². The molecule has 6 heteroatoms. The van der Waals surface area contributed by atoms with Gasteiger partial charge in [-0.15, -0.1) is 0 Å². The number of pyridine rings is 1. The molecule has 1 saturated heterocycles. The Balaban J connectivity index is 1.40. The highest BCUT2D eigenvalue weighted by molar-refractivity contribution is 5.86. The van der Waals surface area contributed by atoms with Crippen LogP contribution in [0.2, 0.25) is 0 Å². The molecule has 1 aromatic carbocycles. The van der Waals surface area contributed by atoms with E-state index in [1.54, 1.807) is 6.20 Å². The standard InChI is InChI=1S/C28H33N5O/c1-4-23-24-9-7-20(17-31-21-11-14-34-15-12-21)16-26(24)33-25(23)6-5-13-30-22-8-10-27(32-18-22)28(2,3)19-29/h7-10,16,18,21,30-31,33H,4,11-15,17H2,1-3H3. The van der Waals surface area contributed by atoms with E-state index in [4.69, 9.17) is 4.74 Å². The second-order valence-corrected chi connectivity index (χ2v) is 9.30. The fraction of sp³-hybridized carbons (Fsp3) is 0.429. The third-order valence-corrected chi connectivity index (χ3v) is 6.42. The van der Waals surface area contributed by atoms with Crippen LogP contribution in [0.3, 0.4) is 0 Å². The molecule has 0 atom stereocenters. The van der Waals surface area contributed by atoms with Gasteiger partial charge in [0.25, 0.3) is 0 Å². The number of nitriles is 1. The molecular weight excluding hydrogens is 422 g/mol. The molecule has 34 heavy (non-hydrogen) atoms. The lowest BCUT2D eigenvalue weighted by atomic mass is 9.91. The molecule has 0 spiro atoms. The fourth-order valence-corrected chi connectivity index (χ4v) is 4.25. The topological polar surface area (TPSA) is 85.8 Å². The van der Waals surface area contributed by atoms with E-state index in [1.165, 1.54) is 16.5 Å². The first-order chi connectivity index (χ1) is 16.5. The summed E-state index contributed by atoms with van der Waals surface area (Å²) in [6, 6.07) is 13.3. The molecular formula is C28H33N5O. The molecule has 2 aromatic heterocycles. The molecule has 0 radical (unpaired) electrons. The van der Waals surface area contributed by atoms with Crippen molar-refractivity contribution in [3.05, 3.63) is 59.0 Å². The number of aryl methyl sites for hydroxylation is 1. The van der Waals surface area contributed by atoms with Crippen molar-refractivity contribution in [1.82, 2.24) is 15.3 Å². The highest BCUT2D eigenvalue weighted by Gasteiger charge is 2.20. The zero-order chi connectivity index (χ0) is 24.0. The smallest absolute Gasteiger partial charge is 0.0937 e. The predicted molar refractivity (Wildman–Crippen MR) is 137 cm³/mol. The van der Waals surface area contributed by atoms with Crippen molar-refractivity contribution in [1.29, 1.82) is 5.26 Å². The van der Waals surface area contributed by atoms with E-state index in [2.05, 4.69) is 63.6 Å². The van der Waals surface area contributed by atoms with Gasteiger partial charge in [0.1, 0.15) is 0 Å². The fourth-order valence-electron chi connectivity index (χ4n) is 4.25. The summed E-state index contributed by atoms with van der Waals surface area (Å²) >= 11 is 0. The van der Waals surface area contributed by atoms with Crippen LogP contribution in [0.5, 0.6) is 0 Å². The van der Waals surface area contributed by atoms with Gasteiger partial charge >= 0.3 is 0 Å². The molecule has 0 saturated carbocycles. The van der Waals surface area contributed by atoms with Crippen molar-refractivity contribution in [3.63, 3.8) is 0 Å². The lowest BCUT2D eigenvalue weighted by molar-refractivity contribution is 0.0776. The molecule has 176 valence electrons. The molecule has 1 aliphatic heterocycles. The number of anilines is 1. The van der Waals surface area contributed by atoms with Gasteiger partial charge in [0, 0.05) is 36.7 Å². The van der Waals surface area contributed by atoms with Gasteiger partial charge in [0.15, 0.2) is 0 Å². The minimum absolute atomic E-state index is 0.515. The number of aromatic amines is 1. The predicted octanol–water partition coefficient (Wildman–Crippen LogP) is 4.66. The van der Waals surface area contributed by atoms with Crippen molar-refractivity contribution in [3.8, 4) is 17.9 Å². The summed E-state index contributed by atoms with van der Waals surface area (Å²) in [4.78, 5) is 7.95. The minimum atomic E-state index is -0.592. The number of hydrogen-bond acceptors (Lipinski definition) is 5. The van der Waals surface area contributed by atoms with Crippen molar-refractivity contribution in [2.24, 2.45) is 0 Å². The van der Waals surface area contributed by atoms with Gasteiger partial charge < -0.3 is 20.4 Å². The Morgan fingerprint density at radius 3 is 2.74 bits per heavy atom. The molecule has 4 rings (SSSR count). The Kier molecular flexibility index (Phi) is 7.53. The summed E-state index contributed by atoms with van der Waals surface area (Å²) in [6.07, 6.45) is 4.84. The number of nitrogens with one attached hydrogen (secondary N) is 3. The minimum Gasteiger partial charge on any atom is -0.381 e. The summed E-state index contributed by atoms with van der Waals surface area (Å²) in [5.74, 6) is 6.54. The van der Waals surface area contributed by atoms with E-state index in [9.17, 15) is 5.26 Å². The van der Waals surface area contributed by atoms with E-state index in [0.29, 0.717) is 12.6 Å². The largest absolute Gasteiger partial charge is 0.381 e. The lowest BCUT2D eigenvalue weighted by Crippen LogP contribution is -2.34. The number of nitrogens with zero attached hydrogens (tertiary/aromatic N) is 2. The van der Waals surface area contributed by atoms with Gasteiger partial charge in [0.2, 0.25) is 0 Å². The summed E-state index contributed by atoms with van der Waals surface area (Å²) in [7, 11) is 0. The first-order valence-corrected chi connectivity index (χ1v) is 12.1. The van der Waals surface area contributed by atoms with Crippen LogP contribution in [-0.4, -0.2) is 35.8 Å². The van der Waals surface area contributed by atoms with Gasteiger partial charge in [0.05, 0.1) is 41.3 Å². The Morgan fingerprint density at radius 1 is 1.21 bits per heavy atom. The van der Waals surface area contributed by atoms with Crippen molar-refractivity contribution in [2.75, 3.05) is 25.1 Å². The monoisotopic (exact) mass is 455 g/mol. The second-order valence-electron chi connectivity index (χ2n) is 9.30. The summed E-state index contributed by atoms with van der Waals surface area (Å²) in [5, 5.41) is 17.4. The average Bonchev–Trinajstić information content (AvgIpc) is 3.22. The zero-order valence-electron chi connectivity index (χ0n) is 20.3. The Bertz CT molecular complexity index is 1220. The summed E-state index contributed by atoms with van der Waals surface area (Å²) < 4.78 is 5.45. The summed E-state index contributed by atoms with van der Waals surface area (Å²) in [6.45, 7) is 8.99. The SMILES string of the molecule is CCc1c(C#CCNc2ccc(C(C)(C)C#N)nc2)[nH]c2cc(CNC3CCOCC3)ccc12. The Labute approximate surface area is 202 Å². The highest BCUT2D eigenvalue weighted by atomic mass is 16.5. The van der Waals surface area contributed by atoms with E-state index in [1.807, 2.05) is 26.0 Å². The van der Waals surface area contributed by atoms with Crippen LogP contribution in [-0.2, 0) is 23.1 Å². The number of fused-ring (bicyclic) bond motifs is 1. The average molecular weight is 456 g/mol. The highest BCUT2D eigenvalue weighted by Crippen LogP contribution is 2.24. The number of benzene rings is 1. The number of aromatic nitrogens is 2. The third kappa shape index (κ3) is 5.59. The number of rotatable bonds is 7. The molecule has 3 N–H and O–H groups in total. The molecule has 1 aliphatic rings. The van der Waals surface area contributed by atoms with E-state index >= 15 is 0 Å². The Hall–Kier alpha value is -3.32. The molecule has 0 unspecified atom stereocenters. The van der Waals surface area contributed by atoms with Crippen LogP contribution >= 0.6 is 0 Å². The van der Waals surface area contributed by atoms with Crippen LogP contribution in [0, 0.1) is 23.2 Å². The zero-order valence-corrected chi connectivity index (χ0v) is 20.3. The normalized spacial score (nSPS) is 14.4. The van der Waals surface area contributed by atoms with Gasteiger partial charge in [-0.25, -0.2) is 0 Å². The molecule has 3 aromatic rings. The molecule has 0 bridgehead atoms. The van der Waals surface area contributed by atoms with Crippen molar-refractivity contribution >= 4 is 16.6 Å². The molecule has 6 nitrogen and oxygen atoms in total. The molecule has 0 aliphatic carbocycles. The van der Waals surface area contributed by atoms with Crippen LogP contribution < -0.4 is 10.6 Å². The maximum Gasteiger partial charge on any atom is 0.0937 e. The van der Waals surface area contributed by atoms with Gasteiger partial charge in [-0.1, -0.05) is 25.0 Å². The number of ether oxygens (including phenoxy) is 1. The second kappa shape index (κ2) is 10.7. The maximum atomic E-state index is 9.26. The van der Waals surface area contributed by atoms with Crippen LogP contribution in [0.1, 0.15) is 56.1 Å². The number of H-pyrrole nitrogens is 1. The number of hydrogen-bond donors (Lipinski definition) is 3. The lowest BCUT2D eigenvalue weighted by Gasteiger charge is -2.23. The maximum absolute atomic E-state index is 9.26. The van der Waals surface area contributed by atoms with E-state index in [-0.39, 0.29) is 0 Å². The van der Waals surface area contributed by atoms with Crippen LogP contribution in [0.15, 0.2) is 36.5 Å². The van der Waals surface area contributed by atoms with Gasteiger partial charge in [-0.2, -0.15) is 5.26 Å². The Morgan fingerprint density at radius 2 is 2.03 bits per heavy atom. The first-order valence-electron chi connectivity index (χ1n) is 12.1. The molecule has 1 fully saturated rings. The van der Waals surface area contributed by atoms with Crippen molar-refractivity contribution < 1.29 is 4.74 Å². The molecule has 3 heterocycles. The van der Waals surface area contributed by atoms with Gasteiger partial charge in [-0.05, 0) is 68.4 Å². The first kappa shape index (κ1) is 23.8. The van der Waals surface area contributed by atoms with Crippen LogP contribution in [0.25, 0.3) is 10.9 Å². The quantitative estimate of drug-likeness (QED) is 0.451. The molecule has 0 amide bonds. The van der Waals surface area contributed by atoms with Gasteiger partial charge in [-0.3, -0.25) is 4.98 Å². The van der Waals surface area contributed by atoms with Crippen LogP contribution in [0.4, 0.5) is 5.69 Å².